The Balaban J connectivity index is 1.98. The molecule has 0 aromatic heterocycles. The lowest BCUT2D eigenvalue weighted by Gasteiger charge is -2.20. The summed E-state index contributed by atoms with van der Waals surface area (Å²) in [5.41, 5.74) is 2.71. The zero-order chi connectivity index (χ0) is 17.5. The highest BCUT2D eigenvalue weighted by atomic mass is 32.1. The second-order valence-electron chi connectivity index (χ2n) is 5.75. The van der Waals surface area contributed by atoms with Gasteiger partial charge >= 0.3 is 0 Å². The van der Waals surface area contributed by atoms with Gasteiger partial charge in [0.1, 0.15) is 0 Å². The van der Waals surface area contributed by atoms with Crippen LogP contribution >= 0.6 is 12.2 Å². The Bertz CT molecular complexity index is 684. The SMILES string of the molecule is CC[C@@H](NC(=S)Nc1ccc(C(=O)N(C)C)cc1)c1ccccc1. The fraction of sp³-hybridized carbons (Fsp3) is 0.263. The monoisotopic (exact) mass is 341 g/mol. The predicted molar refractivity (Wildman–Crippen MR) is 103 cm³/mol. The first kappa shape index (κ1) is 17.9. The van der Waals surface area contributed by atoms with Crippen LogP contribution in [0.25, 0.3) is 0 Å². The van der Waals surface area contributed by atoms with Gasteiger partial charge in [0, 0.05) is 25.3 Å². The quantitative estimate of drug-likeness (QED) is 0.812. The average molecular weight is 341 g/mol. The molecule has 2 rings (SSSR count). The molecule has 0 unspecified atom stereocenters. The van der Waals surface area contributed by atoms with Crippen LogP contribution in [0.1, 0.15) is 35.3 Å². The first-order chi connectivity index (χ1) is 11.5. The van der Waals surface area contributed by atoms with E-state index in [1.807, 2.05) is 30.3 Å². The Hall–Kier alpha value is -2.40. The van der Waals surface area contributed by atoms with E-state index in [4.69, 9.17) is 12.2 Å². The summed E-state index contributed by atoms with van der Waals surface area (Å²) in [6.45, 7) is 2.12. The van der Waals surface area contributed by atoms with Gasteiger partial charge in [-0.05, 0) is 48.5 Å². The van der Waals surface area contributed by atoms with Crippen LogP contribution in [-0.4, -0.2) is 30.0 Å². The highest BCUT2D eigenvalue weighted by molar-refractivity contribution is 7.80. The van der Waals surface area contributed by atoms with Gasteiger partial charge in [0.15, 0.2) is 5.11 Å². The molecule has 0 heterocycles. The van der Waals surface area contributed by atoms with Crippen molar-refractivity contribution in [2.24, 2.45) is 0 Å². The number of nitrogens with one attached hydrogen (secondary N) is 2. The number of amides is 1. The molecule has 0 aliphatic rings. The number of hydrogen-bond acceptors (Lipinski definition) is 2. The molecule has 2 aromatic carbocycles. The third-order valence-corrected chi connectivity index (χ3v) is 3.93. The van der Waals surface area contributed by atoms with Crippen molar-refractivity contribution >= 4 is 28.9 Å². The molecular formula is C19H23N3OS. The molecule has 1 amide bonds. The maximum atomic E-state index is 11.9. The van der Waals surface area contributed by atoms with Gasteiger partial charge in [-0.3, -0.25) is 4.79 Å². The summed E-state index contributed by atoms with van der Waals surface area (Å²) in [6, 6.07) is 17.7. The number of carbonyl (C=O) groups excluding carboxylic acids is 1. The van der Waals surface area contributed by atoms with Crippen LogP contribution in [0.3, 0.4) is 0 Å². The normalized spacial score (nSPS) is 11.5. The number of nitrogens with zero attached hydrogens (tertiary/aromatic N) is 1. The van der Waals surface area contributed by atoms with Gasteiger partial charge in [-0.2, -0.15) is 0 Å². The maximum absolute atomic E-state index is 11.9. The Morgan fingerprint density at radius 3 is 2.25 bits per heavy atom. The van der Waals surface area contributed by atoms with Crippen LogP contribution in [0, 0.1) is 0 Å². The van der Waals surface area contributed by atoms with Gasteiger partial charge in [-0.25, -0.2) is 0 Å². The van der Waals surface area contributed by atoms with Crippen molar-refractivity contribution < 1.29 is 4.79 Å². The molecule has 0 saturated carbocycles. The highest BCUT2D eigenvalue weighted by Gasteiger charge is 2.11. The Labute approximate surface area is 148 Å². The van der Waals surface area contributed by atoms with Crippen LogP contribution in [0.2, 0.25) is 0 Å². The van der Waals surface area contributed by atoms with E-state index in [-0.39, 0.29) is 11.9 Å². The van der Waals surface area contributed by atoms with Gasteiger partial charge in [0.05, 0.1) is 6.04 Å². The minimum Gasteiger partial charge on any atom is -0.356 e. The van der Waals surface area contributed by atoms with Crippen LogP contribution < -0.4 is 10.6 Å². The van der Waals surface area contributed by atoms with Gasteiger partial charge in [0.2, 0.25) is 0 Å². The molecule has 24 heavy (non-hydrogen) atoms. The molecule has 0 fully saturated rings. The highest BCUT2D eigenvalue weighted by Crippen LogP contribution is 2.17. The lowest BCUT2D eigenvalue weighted by molar-refractivity contribution is 0.0827. The van der Waals surface area contributed by atoms with E-state index in [2.05, 4.69) is 29.7 Å². The van der Waals surface area contributed by atoms with E-state index in [9.17, 15) is 4.79 Å². The standard InChI is InChI=1S/C19H23N3OS/c1-4-17(14-8-6-5-7-9-14)21-19(24)20-16-12-10-15(11-13-16)18(23)22(2)3/h5-13,17H,4H2,1-3H3,(H2,20,21,24)/t17-/m1/s1. The number of anilines is 1. The first-order valence-electron chi connectivity index (χ1n) is 7.95. The second-order valence-corrected chi connectivity index (χ2v) is 6.16. The van der Waals surface area contributed by atoms with Crippen LogP contribution in [0.4, 0.5) is 5.69 Å². The molecule has 0 spiro atoms. The van der Waals surface area contributed by atoms with Crippen LogP contribution in [0.15, 0.2) is 54.6 Å². The third kappa shape index (κ3) is 4.80. The number of carbonyl (C=O) groups is 1. The van der Waals surface area contributed by atoms with Crippen LogP contribution in [0.5, 0.6) is 0 Å². The predicted octanol–water partition coefficient (Wildman–Crippen LogP) is 3.83. The van der Waals surface area contributed by atoms with Crippen molar-refractivity contribution in [3.63, 3.8) is 0 Å². The van der Waals surface area contributed by atoms with E-state index < -0.39 is 0 Å². The molecule has 126 valence electrons. The molecule has 0 aliphatic heterocycles. The van der Waals surface area contributed by atoms with Crippen molar-refractivity contribution in [2.75, 3.05) is 19.4 Å². The molecule has 0 aliphatic carbocycles. The lowest BCUT2D eigenvalue weighted by atomic mass is 10.1. The molecule has 0 radical (unpaired) electrons. The maximum Gasteiger partial charge on any atom is 0.253 e. The van der Waals surface area contributed by atoms with Crippen molar-refractivity contribution in [1.29, 1.82) is 0 Å². The molecule has 2 N–H and O–H groups in total. The number of rotatable bonds is 5. The smallest absolute Gasteiger partial charge is 0.253 e. The average Bonchev–Trinajstić information content (AvgIpc) is 2.60. The number of thiocarbonyl (C=S) groups is 1. The second kappa shape index (κ2) is 8.45. The minimum absolute atomic E-state index is 0.0163. The summed E-state index contributed by atoms with van der Waals surface area (Å²) >= 11 is 5.41. The van der Waals surface area contributed by atoms with E-state index >= 15 is 0 Å². The van der Waals surface area contributed by atoms with Crippen molar-refractivity contribution in [3.8, 4) is 0 Å². The fourth-order valence-corrected chi connectivity index (χ4v) is 2.65. The van der Waals surface area contributed by atoms with Crippen molar-refractivity contribution in [3.05, 3.63) is 65.7 Å². The van der Waals surface area contributed by atoms with E-state index in [1.54, 1.807) is 31.1 Å². The molecule has 0 bridgehead atoms. The Kier molecular flexibility index (Phi) is 6.32. The summed E-state index contributed by atoms with van der Waals surface area (Å²) in [7, 11) is 3.48. The minimum atomic E-state index is -0.0163. The summed E-state index contributed by atoms with van der Waals surface area (Å²) in [5.74, 6) is -0.0163. The van der Waals surface area contributed by atoms with E-state index in [0.29, 0.717) is 10.7 Å². The lowest BCUT2D eigenvalue weighted by Crippen LogP contribution is -2.32. The van der Waals surface area contributed by atoms with Crippen molar-refractivity contribution in [2.45, 2.75) is 19.4 Å². The number of benzene rings is 2. The molecule has 2 aromatic rings. The van der Waals surface area contributed by atoms with Crippen LogP contribution in [-0.2, 0) is 0 Å². The summed E-state index contributed by atoms with van der Waals surface area (Å²) in [4.78, 5) is 13.4. The zero-order valence-electron chi connectivity index (χ0n) is 14.2. The van der Waals surface area contributed by atoms with Gasteiger partial charge in [-0.1, -0.05) is 37.3 Å². The molecule has 5 heteroatoms. The Morgan fingerprint density at radius 1 is 1.08 bits per heavy atom. The largest absolute Gasteiger partial charge is 0.356 e. The van der Waals surface area contributed by atoms with Gasteiger partial charge < -0.3 is 15.5 Å². The summed E-state index contributed by atoms with van der Waals surface area (Å²) in [6.07, 6.45) is 0.933. The van der Waals surface area contributed by atoms with E-state index in [0.717, 1.165) is 12.1 Å². The first-order valence-corrected chi connectivity index (χ1v) is 8.36. The number of hydrogen-bond donors (Lipinski definition) is 2. The van der Waals surface area contributed by atoms with Gasteiger partial charge in [0.25, 0.3) is 5.91 Å². The topological polar surface area (TPSA) is 44.4 Å². The molecule has 4 nitrogen and oxygen atoms in total. The van der Waals surface area contributed by atoms with Crippen molar-refractivity contribution in [1.82, 2.24) is 10.2 Å². The molecule has 1 atom stereocenters. The molecular weight excluding hydrogens is 318 g/mol. The zero-order valence-corrected chi connectivity index (χ0v) is 15.1. The van der Waals surface area contributed by atoms with E-state index in [1.165, 1.54) is 5.56 Å². The van der Waals surface area contributed by atoms with Gasteiger partial charge in [-0.15, -0.1) is 0 Å². The summed E-state index contributed by atoms with van der Waals surface area (Å²) < 4.78 is 0. The Morgan fingerprint density at radius 2 is 1.71 bits per heavy atom. The fourth-order valence-electron chi connectivity index (χ4n) is 2.39. The molecule has 0 saturated heterocycles. The third-order valence-electron chi connectivity index (χ3n) is 3.71. The summed E-state index contributed by atoms with van der Waals surface area (Å²) in [5, 5.41) is 7.07.